The largest absolute Gasteiger partial charge is 0.361 e. The van der Waals surface area contributed by atoms with Gasteiger partial charge in [0.2, 0.25) is 5.89 Å². The molecular formula is C12H11FN4OS. The van der Waals surface area contributed by atoms with E-state index in [4.69, 9.17) is 4.52 Å². The summed E-state index contributed by atoms with van der Waals surface area (Å²) in [5.74, 6) is 0.952. The van der Waals surface area contributed by atoms with Gasteiger partial charge in [-0.1, -0.05) is 16.5 Å². The van der Waals surface area contributed by atoms with E-state index in [-0.39, 0.29) is 5.82 Å². The minimum atomic E-state index is -0.273. The Morgan fingerprint density at radius 3 is 3.05 bits per heavy atom. The van der Waals surface area contributed by atoms with Crippen LogP contribution >= 0.6 is 11.3 Å². The Balaban J connectivity index is 1.65. The summed E-state index contributed by atoms with van der Waals surface area (Å²) in [6, 6.07) is 4.60. The zero-order valence-corrected chi connectivity index (χ0v) is 11.0. The third-order valence-corrected chi connectivity index (χ3v) is 3.53. The van der Waals surface area contributed by atoms with Gasteiger partial charge in [0.05, 0.1) is 10.2 Å². The summed E-state index contributed by atoms with van der Waals surface area (Å²) >= 11 is 1.49. The van der Waals surface area contributed by atoms with E-state index in [2.05, 4.69) is 20.4 Å². The van der Waals surface area contributed by atoms with Gasteiger partial charge in [-0.15, -0.1) is 0 Å². The lowest BCUT2D eigenvalue weighted by Crippen LogP contribution is -2.04. The molecule has 0 fully saturated rings. The van der Waals surface area contributed by atoms with E-state index in [1.54, 1.807) is 13.0 Å². The number of benzene rings is 1. The fourth-order valence-electron chi connectivity index (χ4n) is 1.69. The van der Waals surface area contributed by atoms with E-state index in [1.165, 1.54) is 23.5 Å². The van der Waals surface area contributed by atoms with Crippen LogP contribution in [-0.4, -0.2) is 21.7 Å². The molecule has 3 aromatic rings. The van der Waals surface area contributed by atoms with Crippen molar-refractivity contribution in [1.29, 1.82) is 0 Å². The molecule has 0 aliphatic carbocycles. The maximum absolute atomic E-state index is 13.0. The van der Waals surface area contributed by atoms with E-state index < -0.39 is 0 Å². The average Bonchev–Trinajstić information content (AvgIpc) is 2.95. The minimum Gasteiger partial charge on any atom is -0.361 e. The second kappa shape index (κ2) is 4.93. The highest BCUT2D eigenvalue weighted by Crippen LogP contribution is 2.26. The molecule has 7 heteroatoms. The van der Waals surface area contributed by atoms with Crippen LogP contribution in [0.15, 0.2) is 22.7 Å². The number of halogens is 1. The van der Waals surface area contributed by atoms with Gasteiger partial charge in [0.15, 0.2) is 11.0 Å². The van der Waals surface area contributed by atoms with E-state index in [1.807, 2.05) is 0 Å². The van der Waals surface area contributed by atoms with E-state index in [9.17, 15) is 4.39 Å². The molecule has 0 aliphatic heterocycles. The fourth-order valence-corrected chi connectivity index (χ4v) is 2.57. The summed E-state index contributed by atoms with van der Waals surface area (Å²) in [7, 11) is 0. The molecule has 1 N–H and O–H groups in total. The number of hydrogen-bond acceptors (Lipinski definition) is 6. The van der Waals surface area contributed by atoms with E-state index in [0.29, 0.717) is 30.2 Å². The van der Waals surface area contributed by atoms with Gasteiger partial charge < -0.3 is 9.84 Å². The van der Waals surface area contributed by atoms with E-state index in [0.717, 1.165) is 9.83 Å². The van der Waals surface area contributed by atoms with Crippen molar-refractivity contribution < 1.29 is 8.91 Å². The number of fused-ring (bicyclic) bond motifs is 1. The lowest BCUT2D eigenvalue weighted by molar-refractivity contribution is 0.377. The molecule has 0 unspecified atom stereocenters. The van der Waals surface area contributed by atoms with Crippen molar-refractivity contribution in [1.82, 2.24) is 15.1 Å². The molecule has 0 amide bonds. The SMILES string of the molecule is Cc1noc(CCNc2nc3cc(F)ccc3s2)n1. The normalized spacial score (nSPS) is 11.1. The second-order valence-corrected chi connectivity index (χ2v) is 5.07. The van der Waals surface area contributed by atoms with Crippen molar-refractivity contribution in [2.75, 3.05) is 11.9 Å². The van der Waals surface area contributed by atoms with Crippen LogP contribution < -0.4 is 5.32 Å². The molecule has 0 radical (unpaired) electrons. The van der Waals surface area contributed by atoms with Crippen LogP contribution in [0.1, 0.15) is 11.7 Å². The molecule has 1 aromatic carbocycles. The predicted molar refractivity (Wildman–Crippen MR) is 70.8 cm³/mol. The Hall–Kier alpha value is -2.02. The molecule has 0 aliphatic rings. The lowest BCUT2D eigenvalue weighted by Gasteiger charge is -1.97. The first-order chi connectivity index (χ1) is 9.20. The number of thiazole rings is 1. The molecule has 3 rings (SSSR count). The summed E-state index contributed by atoms with van der Waals surface area (Å²) in [6.07, 6.45) is 0.630. The first kappa shape index (κ1) is 12.0. The van der Waals surface area contributed by atoms with Crippen molar-refractivity contribution in [3.05, 3.63) is 35.7 Å². The standard InChI is InChI=1S/C12H11FN4OS/c1-7-15-11(18-17-7)4-5-14-12-16-9-6-8(13)2-3-10(9)19-12/h2-3,6H,4-5H2,1H3,(H,14,16). The maximum atomic E-state index is 13.0. The molecule has 98 valence electrons. The van der Waals surface area contributed by atoms with Gasteiger partial charge in [-0.05, 0) is 19.1 Å². The molecule has 0 spiro atoms. The highest BCUT2D eigenvalue weighted by atomic mass is 32.1. The van der Waals surface area contributed by atoms with Gasteiger partial charge in [-0.25, -0.2) is 9.37 Å². The minimum absolute atomic E-state index is 0.273. The van der Waals surface area contributed by atoms with Gasteiger partial charge in [-0.2, -0.15) is 4.98 Å². The summed E-state index contributed by atoms with van der Waals surface area (Å²) in [6.45, 7) is 2.42. The number of anilines is 1. The van der Waals surface area contributed by atoms with Crippen molar-refractivity contribution >= 4 is 26.7 Å². The van der Waals surface area contributed by atoms with E-state index >= 15 is 0 Å². The molecule has 0 atom stereocenters. The highest BCUT2D eigenvalue weighted by Gasteiger charge is 2.06. The van der Waals surface area contributed by atoms with Crippen molar-refractivity contribution in [3.8, 4) is 0 Å². The summed E-state index contributed by atoms with van der Waals surface area (Å²) in [4.78, 5) is 8.42. The molecular weight excluding hydrogens is 267 g/mol. The first-order valence-corrected chi connectivity index (χ1v) is 6.61. The third-order valence-electron chi connectivity index (χ3n) is 2.53. The number of rotatable bonds is 4. The van der Waals surface area contributed by atoms with Crippen LogP contribution in [0.4, 0.5) is 9.52 Å². The summed E-state index contributed by atoms with van der Waals surface area (Å²) in [5.41, 5.74) is 0.668. The first-order valence-electron chi connectivity index (χ1n) is 5.80. The number of aromatic nitrogens is 3. The summed E-state index contributed by atoms with van der Waals surface area (Å²) in [5, 5.41) is 7.65. The Labute approximate surface area is 112 Å². The monoisotopic (exact) mass is 278 g/mol. The van der Waals surface area contributed by atoms with Crippen LogP contribution in [0.3, 0.4) is 0 Å². The van der Waals surface area contributed by atoms with Crippen molar-refractivity contribution in [2.45, 2.75) is 13.3 Å². The van der Waals surface area contributed by atoms with Gasteiger partial charge in [0.1, 0.15) is 5.82 Å². The fraction of sp³-hybridized carbons (Fsp3) is 0.250. The number of aryl methyl sites for hydroxylation is 1. The Morgan fingerprint density at radius 2 is 2.26 bits per heavy atom. The molecule has 2 heterocycles. The van der Waals surface area contributed by atoms with Crippen LogP contribution in [0.2, 0.25) is 0 Å². The quantitative estimate of drug-likeness (QED) is 0.795. The smallest absolute Gasteiger partial charge is 0.228 e. The average molecular weight is 278 g/mol. The number of nitrogens with zero attached hydrogens (tertiary/aromatic N) is 3. The Kier molecular flexibility index (Phi) is 3.12. The molecule has 2 aromatic heterocycles. The topological polar surface area (TPSA) is 63.8 Å². The predicted octanol–water partition coefficient (Wildman–Crippen LogP) is 2.78. The lowest BCUT2D eigenvalue weighted by atomic mass is 10.3. The zero-order chi connectivity index (χ0) is 13.2. The number of hydrogen-bond donors (Lipinski definition) is 1. The summed E-state index contributed by atoms with van der Waals surface area (Å²) < 4.78 is 19.0. The molecule has 0 saturated heterocycles. The Bertz CT molecular complexity index is 709. The highest BCUT2D eigenvalue weighted by molar-refractivity contribution is 7.22. The van der Waals surface area contributed by atoms with Crippen LogP contribution in [0.5, 0.6) is 0 Å². The van der Waals surface area contributed by atoms with Gasteiger partial charge >= 0.3 is 0 Å². The van der Waals surface area contributed by atoms with Gasteiger partial charge in [-0.3, -0.25) is 0 Å². The van der Waals surface area contributed by atoms with Gasteiger partial charge in [0, 0.05) is 19.0 Å². The number of nitrogens with one attached hydrogen (secondary N) is 1. The Morgan fingerprint density at radius 1 is 1.37 bits per heavy atom. The van der Waals surface area contributed by atoms with Crippen LogP contribution in [0.25, 0.3) is 10.2 Å². The van der Waals surface area contributed by atoms with Crippen molar-refractivity contribution in [2.24, 2.45) is 0 Å². The maximum Gasteiger partial charge on any atom is 0.228 e. The molecule has 0 saturated carbocycles. The zero-order valence-electron chi connectivity index (χ0n) is 10.2. The van der Waals surface area contributed by atoms with Crippen molar-refractivity contribution in [3.63, 3.8) is 0 Å². The van der Waals surface area contributed by atoms with Crippen LogP contribution in [0, 0.1) is 12.7 Å². The molecule has 0 bridgehead atoms. The van der Waals surface area contributed by atoms with Gasteiger partial charge in [0.25, 0.3) is 0 Å². The molecule has 19 heavy (non-hydrogen) atoms. The van der Waals surface area contributed by atoms with Crippen LogP contribution in [-0.2, 0) is 6.42 Å². The third kappa shape index (κ3) is 2.70. The second-order valence-electron chi connectivity index (χ2n) is 4.04. The molecule has 5 nitrogen and oxygen atoms in total.